The third kappa shape index (κ3) is 4.06. The minimum atomic E-state index is -0.698. The molecule has 0 aromatic heterocycles. The normalized spacial score (nSPS) is 23.8. The molecule has 5 nitrogen and oxygen atoms in total. The van der Waals surface area contributed by atoms with E-state index in [2.05, 4.69) is 4.90 Å². The maximum absolute atomic E-state index is 14.1. The van der Waals surface area contributed by atoms with E-state index in [4.69, 9.17) is 9.47 Å². The van der Waals surface area contributed by atoms with Crippen LogP contribution in [-0.2, 0) is 20.8 Å². The summed E-state index contributed by atoms with van der Waals surface area (Å²) >= 11 is 0. The van der Waals surface area contributed by atoms with Crippen LogP contribution in [-0.4, -0.2) is 55.9 Å². The molecule has 0 saturated carbocycles. The Kier molecular flexibility index (Phi) is 5.39. The standard InChI is InChI=1S/C21H22F2N2O3/c22-17-7-6-16(19(23)10-17)11-24-8-9-28-21(13-24)14-25(20(26)12-27-15-21)18-4-2-1-3-5-18/h1-7,10H,8-9,11-15H2. The maximum atomic E-state index is 14.1. The molecule has 28 heavy (non-hydrogen) atoms. The topological polar surface area (TPSA) is 42.0 Å². The molecule has 0 N–H and O–H groups in total. The van der Waals surface area contributed by atoms with Crippen molar-refractivity contribution in [3.8, 4) is 0 Å². The highest BCUT2D eigenvalue weighted by Crippen LogP contribution is 2.27. The van der Waals surface area contributed by atoms with Gasteiger partial charge in [0.15, 0.2) is 0 Å². The van der Waals surface area contributed by atoms with Crippen LogP contribution in [0.5, 0.6) is 0 Å². The van der Waals surface area contributed by atoms with Crippen molar-refractivity contribution >= 4 is 11.6 Å². The summed E-state index contributed by atoms with van der Waals surface area (Å²) in [4.78, 5) is 16.3. The van der Waals surface area contributed by atoms with E-state index in [1.165, 1.54) is 12.1 Å². The van der Waals surface area contributed by atoms with Gasteiger partial charge < -0.3 is 14.4 Å². The summed E-state index contributed by atoms with van der Waals surface area (Å²) in [7, 11) is 0. The number of halogens is 2. The van der Waals surface area contributed by atoms with Gasteiger partial charge in [0.05, 0.1) is 19.8 Å². The summed E-state index contributed by atoms with van der Waals surface area (Å²) in [6, 6.07) is 13.1. The summed E-state index contributed by atoms with van der Waals surface area (Å²) in [5, 5.41) is 0. The van der Waals surface area contributed by atoms with Crippen molar-refractivity contribution in [1.29, 1.82) is 0 Å². The maximum Gasteiger partial charge on any atom is 0.253 e. The van der Waals surface area contributed by atoms with E-state index < -0.39 is 17.2 Å². The van der Waals surface area contributed by atoms with Crippen molar-refractivity contribution < 1.29 is 23.0 Å². The Morgan fingerprint density at radius 3 is 2.68 bits per heavy atom. The van der Waals surface area contributed by atoms with Gasteiger partial charge in [0.25, 0.3) is 5.91 Å². The number of para-hydroxylation sites is 1. The van der Waals surface area contributed by atoms with Crippen LogP contribution in [0.4, 0.5) is 14.5 Å². The van der Waals surface area contributed by atoms with Gasteiger partial charge in [-0.05, 0) is 18.2 Å². The molecule has 2 aromatic rings. The molecule has 2 saturated heterocycles. The molecule has 0 bridgehead atoms. The van der Waals surface area contributed by atoms with Crippen molar-refractivity contribution in [3.63, 3.8) is 0 Å². The summed E-state index contributed by atoms with van der Waals surface area (Å²) in [6.07, 6.45) is 0. The van der Waals surface area contributed by atoms with Crippen LogP contribution in [0, 0.1) is 11.6 Å². The molecule has 2 fully saturated rings. The number of carbonyl (C=O) groups excluding carboxylic acids is 1. The van der Waals surface area contributed by atoms with Gasteiger partial charge in [0, 0.05) is 37.0 Å². The number of morpholine rings is 1. The average molecular weight is 388 g/mol. The lowest BCUT2D eigenvalue weighted by Gasteiger charge is -2.43. The number of ether oxygens (including phenoxy) is 2. The van der Waals surface area contributed by atoms with Crippen LogP contribution in [0.3, 0.4) is 0 Å². The first kappa shape index (κ1) is 19.0. The Bertz CT molecular complexity index is 849. The van der Waals surface area contributed by atoms with E-state index in [-0.39, 0.29) is 19.1 Å². The van der Waals surface area contributed by atoms with Gasteiger partial charge in [-0.2, -0.15) is 0 Å². The predicted molar refractivity (Wildman–Crippen MR) is 99.9 cm³/mol. The number of nitrogens with zero attached hydrogens (tertiary/aromatic N) is 2. The van der Waals surface area contributed by atoms with Crippen LogP contribution >= 0.6 is 0 Å². The Morgan fingerprint density at radius 2 is 1.89 bits per heavy atom. The summed E-state index contributed by atoms with van der Waals surface area (Å²) in [5.74, 6) is -1.26. The molecule has 1 amide bonds. The zero-order valence-electron chi connectivity index (χ0n) is 15.4. The molecule has 1 spiro atoms. The van der Waals surface area contributed by atoms with Gasteiger partial charge in [-0.25, -0.2) is 8.78 Å². The molecule has 1 unspecified atom stereocenters. The lowest BCUT2D eigenvalue weighted by atomic mass is 10.0. The van der Waals surface area contributed by atoms with E-state index in [1.54, 1.807) is 4.90 Å². The smallest absolute Gasteiger partial charge is 0.253 e. The van der Waals surface area contributed by atoms with Gasteiger partial charge in [-0.1, -0.05) is 24.3 Å². The Balaban J connectivity index is 1.53. The van der Waals surface area contributed by atoms with E-state index >= 15 is 0 Å². The number of rotatable bonds is 3. The second-order valence-corrected chi connectivity index (χ2v) is 7.29. The number of anilines is 1. The molecule has 2 aromatic carbocycles. The number of hydrogen-bond acceptors (Lipinski definition) is 4. The molecule has 0 radical (unpaired) electrons. The molecule has 1 atom stereocenters. The molecule has 2 aliphatic rings. The van der Waals surface area contributed by atoms with Gasteiger partial charge in [-0.3, -0.25) is 9.69 Å². The SMILES string of the molecule is O=C1COCC2(CN(Cc3ccc(F)cc3F)CCO2)CN1c1ccccc1. The van der Waals surface area contributed by atoms with Gasteiger partial charge in [0.1, 0.15) is 23.8 Å². The zero-order chi connectivity index (χ0) is 19.6. The molecule has 0 aliphatic carbocycles. The highest BCUT2D eigenvalue weighted by molar-refractivity contribution is 5.94. The first-order chi connectivity index (χ1) is 13.5. The highest BCUT2D eigenvalue weighted by atomic mass is 19.1. The fourth-order valence-electron chi connectivity index (χ4n) is 3.80. The minimum Gasteiger partial charge on any atom is -0.368 e. The van der Waals surface area contributed by atoms with Crippen LogP contribution in [0.1, 0.15) is 5.56 Å². The summed E-state index contributed by atoms with van der Waals surface area (Å²) < 4.78 is 38.9. The molecule has 2 heterocycles. The molecule has 2 aliphatic heterocycles. The van der Waals surface area contributed by atoms with Crippen LogP contribution in [0.15, 0.2) is 48.5 Å². The first-order valence-electron chi connectivity index (χ1n) is 9.28. The van der Waals surface area contributed by atoms with Crippen molar-refractivity contribution in [2.75, 3.05) is 44.4 Å². The van der Waals surface area contributed by atoms with Crippen molar-refractivity contribution in [1.82, 2.24) is 4.90 Å². The van der Waals surface area contributed by atoms with E-state index in [1.807, 2.05) is 30.3 Å². The predicted octanol–water partition coefficient (Wildman–Crippen LogP) is 2.60. The lowest BCUT2D eigenvalue weighted by molar-refractivity contribution is -0.136. The molecule has 4 rings (SSSR count). The van der Waals surface area contributed by atoms with E-state index in [9.17, 15) is 13.6 Å². The van der Waals surface area contributed by atoms with Gasteiger partial charge in [0.2, 0.25) is 0 Å². The fraction of sp³-hybridized carbons (Fsp3) is 0.381. The average Bonchev–Trinajstić information content (AvgIpc) is 2.84. The molecular formula is C21H22F2N2O3. The Labute approximate surface area is 162 Å². The van der Waals surface area contributed by atoms with Crippen molar-refractivity contribution in [2.45, 2.75) is 12.1 Å². The number of amides is 1. The van der Waals surface area contributed by atoms with Crippen molar-refractivity contribution in [2.24, 2.45) is 0 Å². The van der Waals surface area contributed by atoms with E-state index in [0.29, 0.717) is 38.3 Å². The first-order valence-corrected chi connectivity index (χ1v) is 9.28. The van der Waals surface area contributed by atoms with Crippen LogP contribution in [0.25, 0.3) is 0 Å². The minimum absolute atomic E-state index is 0.00735. The third-order valence-electron chi connectivity index (χ3n) is 5.14. The van der Waals surface area contributed by atoms with Gasteiger partial charge >= 0.3 is 0 Å². The second-order valence-electron chi connectivity index (χ2n) is 7.29. The highest BCUT2D eigenvalue weighted by Gasteiger charge is 2.42. The van der Waals surface area contributed by atoms with Crippen LogP contribution in [0.2, 0.25) is 0 Å². The Hall–Kier alpha value is -2.35. The number of benzene rings is 2. The quantitative estimate of drug-likeness (QED) is 0.811. The lowest BCUT2D eigenvalue weighted by Crippen LogP contribution is -2.59. The number of carbonyl (C=O) groups is 1. The van der Waals surface area contributed by atoms with Crippen molar-refractivity contribution in [3.05, 3.63) is 65.7 Å². The van der Waals surface area contributed by atoms with E-state index in [0.717, 1.165) is 11.8 Å². The molecule has 7 heteroatoms. The largest absolute Gasteiger partial charge is 0.368 e. The monoisotopic (exact) mass is 388 g/mol. The second kappa shape index (κ2) is 7.95. The van der Waals surface area contributed by atoms with Gasteiger partial charge in [-0.15, -0.1) is 0 Å². The fourth-order valence-corrected chi connectivity index (χ4v) is 3.80. The number of hydrogen-bond donors (Lipinski definition) is 0. The zero-order valence-corrected chi connectivity index (χ0v) is 15.4. The summed E-state index contributed by atoms with van der Waals surface area (Å²) in [5.41, 5.74) is 0.531. The third-order valence-corrected chi connectivity index (χ3v) is 5.14. The molecular weight excluding hydrogens is 366 g/mol. The Morgan fingerprint density at radius 1 is 1.07 bits per heavy atom. The summed E-state index contributed by atoms with van der Waals surface area (Å²) in [6.45, 7) is 2.53. The van der Waals surface area contributed by atoms with Crippen LogP contribution < -0.4 is 4.90 Å². The molecule has 148 valence electrons.